The van der Waals surface area contributed by atoms with Crippen molar-refractivity contribution in [2.24, 2.45) is 0 Å². The van der Waals surface area contributed by atoms with E-state index >= 15 is 0 Å². The van der Waals surface area contributed by atoms with Crippen LogP contribution in [-0.2, 0) is 4.74 Å². The van der Waals surface area contributed by atoms with Crippen LogP contribution in [0, 0.1) is 0 Å². The smallest absolute Gasteiger partial charge is 0.0888 e. The molecule has 0 aromatic carbocycles. The van der Waals surface area contributed by atoms with Gasteiger partial charge in [0.2, 0.25) is 0 Å². The Kier molecular flexibility index (Phi) is 2.72. The average molecular weight is 142 g/mol. The van der Waals surface area contributed by atoms with Crippen molar-refractivity contribution in [2.75, 3.05) is 6.61 Å². The van der Waals surface area contributed by atoms with Crippen molar-refractivity contribution in [3.05, 3.63) is 0 Å². The highest BCUT2D eigenvalue weighted by atomic mass is 16.6. The van der Waals surface area contributed by atoms with Gasteiger partial charge in [-0.2, -0.15) is 0 Å². The molecule has 0 aromatic rings. The molecule has 1 rings (SSSR count). The Morgan fingerprint density at radius 1 is 1.30 bits per heavy atom. The van der Waals surface area contributed by atoms with E-state index in [1.54, 1.807) is 0 Å². The van der Waals surface area contributed by atoms with E-state index in [4.69, 9.17) is 4.74 Å². The highest BCUT2D eigenvalue weighted by molar-refractivity contribution is 4.86. The van der Waals surface area contributed by atoms with Gasteiger partial charge in [-0.25, -0.2) is 0 Å². The van der Waals surface area contributed by atoms with Crippen molar-refractivity contribution in [3.63, 3.8) is 0 Å². The fourth-order valence-electron chi connectivity index (χ4n) is 1.19. The molecule has 0 aromatic heterocycles. The first-order chi connectivity index (χ1) is 4.77. The van der Waals surface area contributed by atoms with Gasteiger partial charge in [-0.15, -0.1) is 0 Å². The normalized spacial score (nSPS) is 30.6. The fourth-order valence-corrected chi connectivity index (χ4v) is 1.19. The van der Waals surface area contributed by atoms with Crippen LogP contribution in [0.15, 0.2) is 0 Å². The molecule has 1 unspecified atom stereocenters. The lowest BCUT2D eigenvalue weighted by Crippen LogP contribution is -2.02. The van der Waals surface area contributed by atoms with Crippen molar-refractivity contribution >= 4 is 0 Å². The first-order valence-corrected chi connectivity index (χ1v) is 4.41. The Bertz CT molecular complexity index is 94.9. The second-order valence-electron chi connectivity index (χ2n) is 3.55. The van der Waals surface area contributed by atoms with E-state index in [2.05, 4.69) is 13.8 Å². The zero-order valence-electron chi connectivity index (χ0n) is 7.15. The van der Waals surface area contributed by atoms with Gasteiger partial charge in [0, 0.05) is 0 Å². The van der Waals surface area contributed by atoms with Gasteiger partial charge in [0.1, 0.15) is 0 Å². The number of ether oxygens (including phenoxy) is 1. The first kappa shape index (κ1) is 8.06. The Labute approximate surface area is 63.8 Å². The summed E-state index contributed by atoms with van der Waals surface area (Å²) in [6.07, 6.45) is 6.72. The molecular formula is C9H18O. The molecule has 0 N–H and O–H groups in total. The van der Waals surface area contributed by atoms with E-state index in [9.17, 15) is 0 Å². The van der Waals surface area contributed by atoms with Gasteiger partial charge in [0.15, 0.2) is 0 Å². The largest absolute Gasteiger partial charge is 0.370 e. The van der Waals surface area contributed by atoms with Crippen molar-refractivity contribution in [2.45, 2.75) is 51.6 Å². The quantitative estimate of drug-likeness (QED) is 0.425. The molecule has 0 spiro atoms. The molecule has 60 valence electrons. The SMILES string of the molecule is CCCCCCC1(C)CO1. The molecule has 0 radical (unpaired) electrons. The molecule has 1 saturated heterocycles. The first-order valence-electron chi connectivity index (χ1n) is 4.41. The molecule has 0 aliphatic carbocycles. The maximum atomic E-state index is 5.28. The Balaban J connectivity index is 1.86. The van der Waals surface area contributed by atoms with Crippen LogP contribution < -0.4 is 0 Å². The average Bonchev–Trinajstić information content (AvgIpc) is 2.62. The van der Waals surface area contributed by atoms with Crippen molar-refractivity contribution < 1.29 is 4.74 Å². The van der Waals surface area contributed by atoms with Gasteiger partial charge >= 0.3 is 0 Å². The number of hydrogen-bond donors (Lipinski definition) is 0. The molecule has 1 fully saturated rings. The van der Waals surface area contributed by atoms with Crippen LogP contribution in [0.25, 0.3) is 0 Å². The summed E-state index contributed by atoms with van der Waals surface area (Å²) in [5.41, 5.74) is 0.299. The number of epoxide rings is 1. The summed E-state index contributed by atoms with van der Waals surface area (Å²) < 4.78 is 5.28. The zero-order chi connectivity index (χ0) is 7.45. The summed E-state index contributed by atoms with van der Waals surface area (Å²) in [5.74, 6) is 0. The van der Waals surface area contributed by atoms with Gasteiger partial charge in [-0.1, -0.05) is 32.6 Å². The van der Waals surface area contributed by atoms with E-state index in [0.717, 1.165) is 6.61 Å². The minimum Gasteiger partial charge on any atom is -0.370 e. The standard InChI is InChI=1S/C9H18O/c1-3-4-5-6-7-9(2)8-10-9/h3-8H2,1-2H3. The maximum Gasteiger partial charge on any atom is 0.0888 e. The third-order valence-electron chi connectivity index (χ3n) is 2.20. The van der Waals surface area contributed by atoms with E-state index in [1.165, 1.54) is 32.1 Å². The van der Waals surface area contributed by atoms with Gasteiger partial charge in [0.05, 0.1) is 12.2 Å². The van der Waals surface area contributed by atoms with Crippen LogP contribution in [0.4, 0.5) is 0 Å². The topological polar surface area (TPSA) is 12.5 Å². The summed E-state index contributed by atoms with van der Waals surface area (Å²) >= 11 is 0. The van der Waals surface area contributed by atoms with Crippen LogP contribution in [0.3, 0.4) is 0 Å². The van der Waals surface area contributed by atoms with Gasteiger partial charge < -0.3 is 4.74 Å². The summed E-state index contributed by atoms with van der Waals surface area (Å²) in [5, 5.41) is 0. The molecule has 0 amide bonds. The lowest BCUT2D eigenvalue weighted by atomic mass is 10.0. The van der Waals surface area contributed by atoms with Gasteiger partial charge in [-0.05, 0) is 13.3 Å². The monoisotopic (exact) mass is 142 g/mol. The van der Waals surface area contributed by atoms with Crippen LogP contribution >= 0.6 is 0 Å². The van der Waals surface area contributed by atoms with Gasteiger partial charge in [-0.3, -0.25) is 0 Å². The fraction of sp³-hybridized carbons (Fsp3) is 1.00. The van der Waals surface area contributed by atoms with Crippen molar-refractivity contribution in [3.8, 4) is 0 Å². The maximum absolute atomic E-state index is 5.28. The molecule has 1 aliphatic rings. The minimum absolute atomic E-state index is 0.299. The van der Waals surface area contributed by atoms with Gasteiger partial charge in [0.25, 0.3) is 0 Å². The summed E-state index contributed by atoms with van der Waals surface area (Å²) in [6, 6.07) is 0. The third-order valence-corrected chi connectivity index (χ3v) is 2.20. The molecule has 1 nitrogen and oxygen atoms in total. The Morgan fingerprint density at radius 3 is 2.50 bits per heavy atom. The molecule has 1 heterocycles. The molecule has 1 aliphatic heterocycles. The van der Waals surface area contributed by atoms with E-state index in [1.807, 2.05) is 0 Å². The van der Waals surface area contributed by atoms with E-state index < -0.39 is 0 Å². The lowest BCUT2D eigenvalue weighted by molar-refractivity contribution is 0.301. The van der Waals surface area contributed by atoms with Crippen molar-refractivity contribution in [1.82, 2.24) is 0 Å². The van der Waals surface area contributed by atoms with E-state index in [0.29, 0.717) is 5.60 Å². The van der Waals surface area contributed by atoms with Crippen LogP contribution in [0.1, 0.15) is 46.0 Å². The Hall–Kier alpha value is -0.0400. The van der Waals surface area contributed by atoms with Crippen molar-refractivity contribution in [1.29, 1.82) is 0 Å². The molecule has 0 saturated carbocycles. The predicted octanol–water partition coefficient (Wildman–Crippen LogP) is 2.75. The highest BCUT2D eigenvalue weighted by Gasteiger charge is 2.37. The second-order valence-corrected chi connectivity index (χ2v) is 3.55. The predicted molar refractivity (Wildman–Crippen MR) is 43.1 cm³/mol. The minimum atomic E-state index is 0.299. The van der Waals surface area contributed by atoms with Crippen LogP contribution in [-0.4, -0.2) is 12.2 Å². The summed E-state index contributed by atoms with van der Waals surface area (Å²) in [6.45, 7) is 5.45. The third kappa shape index (κ3) is 2.70. The molecule has 0 bridgehead atoms. The summed E-state index contributed by atoms with van der Waals surface area (Å²) in [4.78, 5) is 0. The highest BCUT2D eigenvalue weighted by Crippen LogP contribution is 2.31. The molecule has 1 heteroatoms. The lowest BCUT2D eigenvalue weighted by Gasteiger charge is -2.02. The molecule has 1 atom stereocenters. The Morgan fingerprint density at radius 2 is 2.00 bits per heavy atom. The summed E-state index contributed by atoms with van der Waals surface area (Å²) in [7, 11) is 0. The van der Waals surface area contributed by atoms with Crippen LogP contribution in [0.5, 0.6) is 0 Å². The molecular weight excluding hydrogens is 124 g/mol. The zero-order valence-corrected chi connectivity index (χ0v) is 7.15. The number of hydrogen-bond acceptors (Lipinski definition) is 1. The number of unbranched alkanes of at least 4 members (excludes halogenated alkanes) is 3. The van der Waals surface area contributed by atoms with Crippen LogP contribution in [0.2, 0.25) is 0 Å². The molecule has 10 heavy (non-hydrogen) atoms. The second kappa shape index (κ2) is 3.38. The van der Waals surface area contributed by atoms with E-state index in [-0.39, 0.29) is 0 Å². The number of rotatable bonds is 5.